The van der Waals surface area contributed by atoms with E-state index in [1.807, 2.05) is 6.07 Å². The zero-order valence-electron chi connectivity index (χ0n) is 11.4. The molecule has 0 amide bonds. The van der Waals surface area contributed by atoms with Crippen LogP contribution >= 0.6 is 0 Å². The molecule has 6 nitrogen and oxygen atoms in total. The van der Waals surface area contributed by atoms with Gasteiger partial charge in [0.25, 0.3) is 0 Å². The lowest BCUT2D eigenvalue weighted by Gasteiger charge is -2.08. The van der Waals surface area contributed by atoms with Gasteiger partial charge in [-0.25, -0.2) is 9.48 Å². The van der Waals surface area contributed by atoms with Gasteiger partial charge in [-0.05, 0) is 31.0 Å². The molecule has 2 rings (SSSR count). The van der Waals surface area contributed by atoms with Crippen molar-refractivity contribution < 1.29 is 9.90 Å². The molecule has 1 aromatic carbocycles. The first kappa shape index (κ1) is 14.2. The number of aromatic nitrogens is 3. The molecule has 1 aromatic heterocycles. The van der Waals surface area contributed by atoms with E-state index in [0.717, 1.165) is 30.7 Å². The number of nitrogens with two attached hydrogens (primary N) is 1. The van der Waals surface area contributed by atoms with E-state index in [0.29, 0.717) is 12.2 Å². The van der Waals surface area contributed by atoms with Gasteiger partial charge in [0, 0.05) is 6.54 Å². The first-order valence-electron chi connectivity index (χ1n) is 6.64. The van der Waals surface area contributed by atoms with Crippen LogP contribution in [-0.2, 0) is 13.0 Å². The summed E-state index contributed by atoms with van der Waals surface area (Å²) in [5, 5.41) is 17.2. The molecular formula is C14H18N4O2. The number of hydrogen-bond donors (Lipinski definition) is 2. The Hall–Kier alpha value is -2.21. The van der Waals surface area contributed by atoms with Gasteiger partial charge in [0.2, 0.25) is 0 Å². The van der Waals surface area contributed by atoms with Gasteiger partial charge in [0.05, 0.1) is 22.6 Å². The van der Waals surface area contributed by atoms with Crippen molar-refractivity contribution in [1.82, 2.24) is 15.0 Å². The van der Waals surface area contributed by atoms with Crippen molar-refractivity contribution in [1.29, 1.82) is 0 Å². The smallest absolute Gasteiger partial charge is 0.335 e. The fraction of sp³-hybridized carbons (Fsp3) is 0.357. The van der Waals surface area contributed by atoms with Gasteiger partial charge in [0.15, 0.2) is 0 Å². The van der Waals surface area contributed by atoms with Gasteiger partial charge in [0.1, 0.15) is 0 Å². The van der Waals surface area contributed by atoms with E-state index in [-0.39, 0.29) is 5.56 Å². The van der Waals surface area contributed by atoms with E-state index in [1.54, 1.807) is 22.9 Å². The summed E-state index contributed by atoms with van der Waals surface area (Å²) in [5.41, 5.74) is 8.33. The maximum atomic E-state index is 11.0. The Morgan fingerprint density at radius 2 is 2.25 bits per heavy atom. The zero-order chi connectivity index (χ0) is 14.5. The highest BCUT2D eigenvalue weighted by Crippen LogP contribution is 2.16. The van der Waals surface area contributed by atoms with E-state index in [1.165, 1.54) is 0 Å². The maximum Gasteiger partial charge on any atom is 0.335 e. The lowest BCUT2D eigenvalue weighted by atomic mass is 10.1. The van der Waals surface area contributed by atoms with Crippen LogP contribution in [0.1, 0.15) is 41.5 Å². The van der Waals surface area contributed by atoms with E-state index in [2.05, 4.69) is 17.2 Å². The highest BCUT2D eigenvalue weighted by Gasteiger charge is 2.13. The minimum Gasteiger partial charge on any atom is -0.478 e. The second kappa shape index (κ2) is 6.29. The van der Waals surface area contributed by atoms with Crippen LogP contribution in [0.5, 0.6) is 0 Å². The molecule has 0 radical (unpaired) electrons. The largest absolute Gasteiger partial charge is 0.478 e. The standard InChI is InChI=1S/C14H18N4O2/c1-2-3-7-13-12(9-15)16-17-18(13)11-6-4-5-10(8-11)14(19)20/h4-6,8H,2-3,7,9,15H2,1H3,(H,19,20). The van der Waals surface area contributed by atoms with Gasteiger partial charge in [-0.2, -0.15) is 0 Å². The maximum absolute atomic E-state index is 11.0. The summed E-state index contributed by atoms with van der Waals surface area (Å²) in [6, 6.07) is 6.66. The third-order valence-corrected chi connectivity index (χ3v) is 3.14. The van der Waals surface area contributed by atoms with E-state index >= 15 is 0 Å². The van der Waals surface area contributed by atoms with Crippen molar-refractivity contribution in [3.05, 3.63) is 41.2 Å². The molecule has 2 aromatic rings. The first-order chi connectivity index (χ1) is 9.67. The SMILES string of the molecule is CCCCc1c(CN)nnn1-c1cccc(C(=O)O)c1. The number of benzene rings is 1. The Morgan fingerprint density at radius 3 is 2.90 bits per heavy atom. The van der Waals surface area contributed by atoms with Gasteiger partial charge in [-0.3, -0.25) is 0 Å². The van der Waals surface area contributed by atoms with Crippen molar-refractivity contribution in [3.8, 4) is 5.69 Å². The molecule has 0 aliphatic rings. The minimum atomic E-state index is -0.957. The molecular weight excluding hydrogens is 256 g/mol. The van der Waals surface area contributed by atoms with Gasteiger partial charge in [-0.15, -0.1) is 5.10 Å². The van der Waals surface area contributed by atoms with E-state index in [9.17, 15) is 4.79 Å². The second-order valence-electron chi connectivity index (χ2n) is 4.56. The summed E-state index contributed by atoms with van der Waals surface area (Å²) >= 11 is 0. The molecule has 0 atom stereocenters. The lowest BCUT2D eigenvalue weighted by Crippen LogP contribution is -2.07. The van der Waals surface area contributed by atoms with E-state index in [4.69, 9.17) is 10.8 Å². The third kappa shape index (κ3) is 2.85. The molecule has 106 valence electrons. The second-order valence-corrected chi connectivity index (χ2v) is 4.56. The number of rotatable bonds is 6. The molecule has 6 heteroatoms. The molecule has 20 heavy (non-hydrogen) atoms. The van der Waals surface area contributed by atoms with Gasteiger partial charge < -0.3 is 10.8 Å². The number of aromatic carboxylic acids is 1. The molecule has 0 bridgehead atoms. The molecule has 1 heterocycles. The van der Waals surface area contributed by atoms with E-state index < -0.39 is 5.97 Å². The summed E-state index contributed by atoms with van der Waals surface area (Å²) in [4.78, 5) is 11.0. The molecule has 0 spiro atoms. The predicted molar refractivity (Wildman–Crippen MR) is 74.8 cm³/mol. The number of carboxylic acids is 1. The van der Waals surface area contributed by atoms with Gasteiger partial charge in [-0.1, -0.05) is 24.6 Å². The fourth-order valence-electron chi connectivity index (χ4n) is 2.06. The molecule has 0 aliphatic carbocycles. The molecule has 0 saturated heterocycles. The molecule has 3 N–H and O–H groups in total. The summed E-state index contributed by atoms with van der Waals surface area (Å²) in [6.45, 7) is 2.44. The Labute approximate surface area is 117 Å². The number of hydrogen-bond acceptors (Lipinski definition) is 4. The highest BCUT2D eigenvalue weighted by molar-refractivity contribution is 5.88. The molecule has 0 fully saturated rings. The minimum absolute atomic E-state index is 0.230. The van der Waals surface area contributed by atoms with Crippen LogP contribution in [0.25, 0.3) is 5.69 Å². The highest BCUT2D eigenvalue weighted by atomic mass is 16.4. The average molecular weight is 274 g/mol. The van der Waals surface area contributed by atoms with Crippen molar-refractivity contribution in [2.75, 3.05) is 0 Å². The van der Waals surface area contributed by atoms with Crippen LogP contribution in [-0.4, -0.2) is 26.1 Å². The molecule has 0 unspecified atom stereocenters. The Kier molecular flexibility index (Phi) is 4.47. The predicted octanol–water partition coefficient (Wildman–Crippen LogP) is 1.77. The fourth-order valence-corrected chi connectivity index (χ4v) is 2.06. The summed E-state index contributed by atoms with van der Waals surface area (Å²) < 4.78 is 1.68. The Morgan fingerprint density at radius 1 is 1.45 bits per heavy atom. The van der Waals surface area contributed by atoms with Crippen molar-refractivity contribution in [2.45, 2.75) is 32.7 Å². The third-order valence-electron chi connectivity index (χ3n) is 3.14. The van der Waals surface area contributed by atoms with Crippen LogP contribution in [0, 0.1) is 0 Å². The monoisotopic (exact) mass is 274 g/mol. The molecule has 0 aliphatic heterocycles. The zero-order valence-corrected chi connectivity index (χ0v) is 11.4. The Bertz CT molecular complexity index is 607. The van der Waals surface area contributed by atoms with Crippen LogP contribution in [0.3, 0.4) is 0 Å². The number of carboxylic acid groups (broad SMARTS) is 1. The number of carbonyl (C=O) groups is 1. The number of unbranched alkanes of at least 4 members (excludes halogenated alkanes) is 1. The average Bonchev–Trinajstić information content (AvgIpc) is 2.88. The van der Waals surface area contributed by atoms with Crippen LogP contribution < -0.4 is 5.73 Å². The molecule has 0 saturated carbocycles. The normalized spacial score (nSPS) is 10.7. The van der Waals surface area contributed by atoms with Crippen LogP contribution in [0.4, 0.5) is 0 Å². The van der Waals surface area contributed by atoms with Crippen LogP contribution in [0.2, 0.25) is 0 Å². The summed E-state index contributed by atoms with van der Waals surface area (Å²) in [6.07, 6.45) is 2.90. The summed E-state index contributed by atoms with van der Waals surface area (Å²) in [7, 11) is 0. The Balaban J connectivity index is 2.43. The van der Waals surface area contributed by atoms with Gasteiger partial charge >= 0.3 is 5.97 Å². The topological polar surface area (TPSA) is 94.0 Å². The van der Waals surface area contributed by atoms with Crippen LogP contribution in [0.15, 0.2) is 24.3 Å². The number of nitrogens with zero attached hydrogens (tertiary/aromatic N) is 3. The van der Waals surface area contributed by atoms with Crippen molar-refractivity contribution in [2.24, 2.45) is 5.73 Å². The van der Waals surface area contributed by atoms with Crippen molar-refractivity contribution >= 4 is 5.97 Å². The summed E-state index contributed by atoms with van der Waals surface area (Å²) in [5.74, 6) is -0.957. The first-order valence-corrected chi connectivity index (χ1v) is 6.64. The lowest BCUT2D eigenvalue weighted by molar-refractivity contribution is 0.0697. The quantitative estimate of drug-likeness (QED) is 0.837. The van der Waals surface area contributed by atoms with Crippen molar-refractivity contribution in [3.63, 3.8) is 0 Å².